The summed E-state index contributed by atoms with van der Waals surface area (Å²) < 4.78 is 5.75. The van der Waals surface area contributed by atoms with Crippen molar-refractivity contribution in [3.05, 3.63) is 45.9 Å². The first-order chi connectivity index (χ1) is 12.1. The number of aryl methyl sites for hydroxylation is 1. The molecule has 0 aliphatic carbocycles. The van der Waals surface area contributed by atoms with Crippen LogP contribution in [-0.2, 0) is 17.8 Å². The summed E-state index contributed by atoms with van der Waals surface area (Å²) in [4.78, 5) is 18.9. The lowest BCUT2D eigenvalue weighted by molar-refractivity contribution is -0.131. The molecule has 1 aliphatic heterocycles. The summed E-state index contributed by atoms with van der Waals surface area (Å²) >= 11 is 1.55. The predicted molar refractivity (Wildman–Crippen MR) is 100.0 cm³/mol. The van der Waals surface area contributed by atoms with Crippen molar-refractivity contribution in [3.63, 3.8) is 0 Å². The number of nitrogens with zero attached hydrogens (tertiary/aromatic N) is 2. The third-order valence-electron chi connectivity index (χ3n) is 4.57. The second kappa shape index (κ2) is 8.45. The van der Waals surface area contributed by atoms with Gasteiger partial charge in [0.05, 0.1) is 12.1 Å². The van der Waals surface area contributed by atoms with Crippen LogP contribution >= 0.6 is 11.3 Å². The highest BCUT2D eigenvalue weighted by Gasteiger charge is 2.22. The number of benzene rings is 1. The molecule has 0 bridgehead atoms. The van der Waals surface area contributed by atoms with Crippen LogP contribution in [0.4, 0.5) is 0 Å². The molecule has 1 aromatic heterocycles. The highest BCUT2D eigenvalue weighted by atomic mass is 32.1. The quantitative estimate of drug-likeness (QED) is 0.862. The Hall–Kier alpha value is -1.92. The van der Waals surface area contributed by atoms with Gasteiger partial charge in [-0.05, 0) is 38.9 Å². The van der Waals surface area contributed by atoms with Gasteiger partial charge in [-0.2, -0.15) is 0 Å². The van der Waals surface area contributed by atoms with Gasteiger partial charge in [0, 0.05) is 24.5 Å². The van der Waals surface area contributed by atoms with E-state index in [9.17, 15) is 4.79 Å². The van der Waals surface area contributed by atoms with Gasteiger partial charge in [-0.3, -0.25) is 4.79 Å². The minimum Gasteiger partial charge on any atom is -0.486 e. The van der Waals surface area contributed by atoms with Crippen LogP contribution in [-0.4, -0.2) is 42.0 Å². The Labute approximate surface area is 153 Å². The minimum atomic E-state index is 0.172. The van der Waals surface area contributed by atoms with Crippen LogP contribution in [0.3, 0.4) is 0 Å². The first kappa shape index (κ1) is 17.9. The number of thiazole rings is 1. The number of piperidine rings is 1. The number of amides is 1. The maximum atomic E-state index is 12.4. The highest BCUT2D eigenvalue weighted by Crippen LogP contribution is 2.17. The van der Waals surface area contributed by atoms with Crippen molar-refractivity contribution in [2.24, 2.45) is 0 Å². The zero-order valence-electron chi connectivity index (χ0n) is 14.8. The predicted octanol–water partition coefficient (Wildman–Crippen LogP) is 2.78. The Morgan fingerprint density at radius 1 is 1.32 bits per heavy atom. The molecule has 6 heteroatoms. The van der Waals surface area contributed by atoms with Gasteiger partial charge in [-0.15, -0.1) is 11.3 Å². The number of rotatable bonds is 6. The van der Waals surface area contributed by atoms with E-state index in [1.807, 2.05) is 41.6 Å². The zero-order chi connectivity index (χ0) is 17.6. The molecule has 2 aromatic rings. The molecule has 0 atom stereocenters. The first-order valence-electron chi connectivity index (χ1n) is 8.72. The second-order valence-corrected chi connectivity index (χ2v) is 7.40. The summed E-state index contributed by atoms with van der Waals surface area (Å²) in [5.74, 6) is 1.01. The SMILES string of the molecule is CNC1CCN(C(=O)Cc2csc(COc3ccc(C)cc3)n2)CC1. The van der Waals surface area contributed by atoms with Crippen molar-refractivity contribution in [1.29, 1.82) is 0 Å². The average Bonchev–Trinajstić information content (AvgIpc) is 3.08. The van der Waals surface area contributed by atoms with Crippen molar-refractivity contribution in [2.45, 2.75) is 38.8 Å². The van der Waals surface area contributed by atoms with E-state index in [0.29, 0.717) is 19.1 Å². The molecule has 2 heterocycles. The van der Waals surface area contributed by atoms with Gasteiger partial charge < -0.3 is 15.0 Å². The average molecular weight is 359 g/mol. The van der Waals surface area contributed by atoms with Crippen LogP contribution in [0.1, 0.15) is 29.1 Å². The number of aromatic nitrogens is 1. The van der Waals surface area contributed by atoms with Crippen LogP contribution in [0, 0.1) is 6.92 Å². The lowest BCUT2D eigenvalue weighted by Crippen LogP contribution is -2.44. The molecule has 0 unspecified atom stereocenters. The minimum absolute atomic E-state index is 0.172. The van der Waals surface area contributed by atoms with E-state index in [4.69, 9.17) is 4.74 Å². The second-order valence-electron chi connectivity index (χ2n) is 6.45. The zero-order valence-corrected chi connectivity index (χ0v) is 15.6. The first-order valence-corrected chi connectivity index (χ1v) is 9.60. The highest BCUT2D eigenvalue weighted by molar-refractivity contribution is 7.09. The number of carbonyl (C=O) groups is 1. The largest absolute Gasteiger partial charge is 0.486 e. The number of hydrogen-bond acceptors (Lipinski definition) is 5. The van der Waals surface area contributed by atoms with Gasteiger partial charge in [-0.1, -0.05) is 17.7 Å². The fraction of sp³-hybridized carbons (Fsp3) is 0.474. The maximum Gasteiger partial charge on any atom is 0.228 e. The molecule has 25 heavy (non-hydrogen) atoms. The van der Waals surface area contributed by atoms with Crippen LogP contribution in [0.15, 0.2) is 29.6 Å². The standard InChI is InChI=1S/C19H25N3O2S/c1-14-3-5-17(6-4-14)24-12-18-21-16(13-25-18)11-19(23)22-9-7-15(20-2)8-10-22/h3-6,13,15,20H,7-12H2,1-2H3. The third-order valence-corrected chi connectivity index (χ3v) is 5.44. The van der Waals surface area contributed by atoms with Crippen molar-refractivity contribution < 1.29 is 9.53 Å². The van der Waals surface area contributed by atoms with Gasteiger partial charge in [-0.25, -0.2) is 4.98 Å². The molecular weight excluding hydrogens is 334 g/mol. The molecule has 134 valence electrons. The third kappa shape index (κ3) is 5.03. The smallest absolute Gasteiger partial charge is 0.228 e. The summed E-state index contributed by atoms with van der Waals surface area (Å²) in [5, 5.41) is 6.15. The van der Waals surface area contributed by atoms with E-state index in [-0.39, 0.29) is 5.91 Å². The number of ether oxygens (including phenoxy) is 1. The molecule has 1 fully saturated rings. The Morgan fingerprint density at radius 3 is 2.72 bits per heavy atom. The summed E-state index contributed by atoms with van der Waals surface area (Å²) in [6.45, 7) is 4.15. The molecule has 1 saturated heterocycles. The number of nitrogens with one attached hydrogen (secondary N) is 1. The van der Waals surface area contributed by atoms with E-state index in [2.05, 4.69) is 17.2 Å². The monoisotopic (exact) mass is 359 g/mol. The van der Waals surface area contributed by atoms with Gasteiger partial charge >= 0.3 is 0 Å². The van der Waals surface area contributed by atoms with Crippen molar-refractivity contribution in [3.8, 4) is 5.75 Å². The molecule has 0 radical (unpaired) electrons. The van der Waals surface area contributed by atoms with E-state index in [1.54, 1.807) is 11.3 Å². The molecule has 5 nitrogen and oxygen atoms in total. The fourth-order valence-electron chi connectivity index (χ4n) is 2.96. The number of carbonyl (C=O) groups excluding carboxylic acids is 1. The fourth-order valence-corrected chi connectivity index (χ4v) is 3.67. The van der Waals surface area contributed by atoms with E-state index in [0.717, 1.165) is 42.4 Å². The topological polar surface area (TPSA) is 54.5 Å². The number of hydrogen-bond donors (Lipinski definition) is 1. The molecule has 1 aliphatic rings. The van der Waals surface area contributed by atoms with Crippen molar-refractivity contribution in [1.82, 2.24) is 15.2 Å². The molecule has 3 rings (SSSR count). The normalized spacial score (nSPS) is 15.4. The van der Waals surface area contributed by atoms with E-state index in [1.165, 1.54) is 5.56 Å². The van der Waals surface area contributed by atoms with Crippen LogP contribution in [0.25, 0.3) is 0 Å². The number of likely N-dealkylation sites (tertiary alicyclic amines) is 1. The van der Waals surface area contributed by atoms with Crippen molar-refractivity contribution >= 4 is 17.2 Å². The lowest BCUT2D eigenvalue weighted by Gasteiger charge is -2.31. The van der Waals surface area contributed by atoms with Gasteiger partial charge in [0.2, 0.25) is 5.91 Å². The molecule has 1 amide bonds. The molecule has 1 N–H and O–H groups in total. The Morgan fingerprint density at radius 2 is 2.04 bits per heavy atom. The molecule has 1 aromatic carbocycles. The Balaban J connectivity index is 1.48. The summed E-state index contributed by atoms with van der Waals surface area (Å²) in [6.07, 6.45) is 2.43. The van der Waals surface area contributed by atoms with Gasteiger partial charge in [0.15, 0.2) is 0 Å². The van der Waals surface area contributed by atoms with Crippen molar-refractivity contribution in [2.75, 3.05) is 20.1 Å². The van der Waals surface area contributed by atoms with E-state index < -0.39 is 0 Å². The summed E-state index contributed by atoms with van der Waals surface area (Å²) in [6, 6.07) is 8.51. The maximum absolute atomic E-state index is 12.4. The van der Waals surface area contributed by atoms with Crippen LogP contribution in [0.2, 0.25) is 0 Å². The van der Waals surface area contributed by atoms with Gasteiger partial charge in [0.1, 0.15) is 17.4 Å². The molecule has 0 saturated carbocycles. The molecule has 0 spiro atoms. The Bertz CT molecular complexity index is 691. The lowest BCUT2D eigenvalue weighted by atomic mass is 10.0. The molecular formula is C19H25N3O2S. The van der Waals surface area contributed by atoms with Gasteiger partial charge in [0.25, 0.3) is 0 Å². The van der Waals surface area contributed by atoms with E-state index >= 15 is 0 Å². The van der Waals surface area contributed by atoms with Crippen LogP contribution < -0.4 is 10.1 Å². The Kier molecular flexibility index (Phi) is 6.04. The summed E-state index contributed by atoms with van der Waals surface area (Å²) in [5.41, 5.74) is 2.05. The summed E-state index contributed by atoms with van der Waals surface area (Å²) in [7, 11) is 1.98. The van der Waals surface area contributed by atoms with Crippen LogP contribution in [0.5, 0.6) is 5.75 Å².